The van der Waals surface area contributed by atoms with Crippen molar-refractivity contribution in [2.75, 3.05) is 19.5 Å². The number of furan rings is 1. The van der Waals surface area contributed by atoms with Gasteiger partial charge in [-0.15, -0.1) is 0 Å². The normalized spacial score (nSPS) is 10.6. The van der Waals surface area contributed by atoms with Crippen LogP contribution in [0, 0.1) is 0 Å². The minimum Gasteiger partial charge on any atom is -0.495 e. The van der Waals surface area contributed by atoms with E-state index in [2.05, 4.69) is 5.32 Å². The summed E-state index contributed by atoms with van der Waals surface area (Å²) in [5.74, 6) is 1.16. The van der Waals surface area contributed by atoms with Crippen molar-refractivity contribution in [1.82, 2.24) is 0 Å². The molecule has 21 heavy (non-hydrogen) atoms. The van der Waals surface area contributed by atoms with Gasteiger partial charge in [0.1, 0.15) is 17.3 Å². The van der Waals surface area contributed by atoms with Crippen LogP contribution in [0.3, 0.4) is 0 Å². The van der Waals surface area contributed by atoms with E-state index in [9.17, 15) is 4.79 Å². The molecule has 1 heterocycles. The summed E-state index contributed by atoms with van der Waals surface area (Å²) < 4.78 is 15.4. The predicted molar refractivity (Wildman–Crippen MR) is 80.9 cm³/mol. The lowest BCUT2D eigenvalue weighted by Crippen LogP contribution is -2.09. The van der Waals surface area contributed by atoms with Crippen LogP contribution in [0.15, 0.2) is 41.0 Å². The number of nitrogens with one attached hydrogen (secondary N) is 1. The van der Waals surface area contributed by atoms with Crippen LogP contribution in [0.5, 0.6) is 11.5 Å². The largest absolute Gasteiger partial charge is 0.495 e. The number of benzene rings is 1. The van der Waals surface area contributed by atoms with Gasteiger partial charge in [0, 0.05) is 18.2 Å². The van der Waals surface area contributed by atoms with Crippen LogP contribution in [0.25, 0.3) is 6.08 Å². The topological polar surface area (TPSA) is 60.7 Å². The molecular formula is C15H14ClNO4. The van der Waals surface area contributed by atoms with E-state index in [0.717, 1.165) is 0 Å². The molecule has 0 radical (unpaired) electrons. The van der Waals surface area contributed by atoms with Crippen molar-refractivity contribution in [3.63, 3.8) is 0 Å². The molecule has 1 aromatic heterocycles. The number of hydrogen-bond acceptors (Lipinski definition) is 4. The maximum Gasteiger partial charge on any atom is 0.248 e. The molecule has 110 valence electrons. The molecule has 5 nitrogen and oxygen atoms in total. The predicted octanol–water partition coefficient (Wildman–Crippen LogP) is 3.60. The Morgan fingerprint density at radius 1 is 1.29 bits per heavy atom. The highest BCUT2D eigenvalue weighted by Crippen LogP contribution is 2.35. The Hall–Kier alpha value is -2.40. The van der Waals surface area contributed by atoms with Crippen molar-refractivity contribution >= 4 is 29.3 Å². The van der Waals surface area contributed by atoms with Crippen LogP contribution < -0.4 is 14.8 Å². The van der Waals surface area contributed by atoms with Crippen molar-refractivity contribution in [2.24, 2.45) is 0 Å². The molecule has 0 saturated heterocycles. The number of halogens is 1. The van der Waals surface area contributed by atoms with Crippen molar-refractivity contribution in [1.29, 1.82) is 0 Å². The quantitative estimate of drug-likeness (QED) is 0.857. The van der Waals surface area contributed by atoms with Crippen LogP contribution in [0.1, 0.15) is 5.76 Å². The van der Waals surface area contributed by atoms with Gasteiger partial charge in [-0.2, -0.15) is 0 Å². The average Bonchev–Trinajstić information content (AvgIpc) is 2.99. The van der Waals surface area contributed by atoms with Gasteiger partial charge >= 0.3 is 0 Å². The van der Waals surface area contributed by atoms with E-state index in [4.69, 9.17) is 25.5 Å². The molecule has 0 saturated carbocycles. The smallest absolute Gasteiger partial charge is 0.248 e. The number of hydrogen-bond donors (Lipinski definition) is 1. The fourth-order valence-electron chi connectivity index (χ4n) is 1.68. The summed E-state index contributed by atoms with van der Waals surface area (Å²) in [5.41, 5.74) is 0.466. The first-order valence-corrected chi connectivity index (χ1v) is 6.46. The van der Waals surface area contributed by atoms with Gasteiger partial charge in [-0.05, 0) is 18.2 Å². The van der Waals surface area contributed by atoms with Crippen molar-refractivity contribution in [3.8, 4) is 11.5 Å². The zero-order valence-corrected chi connectivity index (χ0v) is 12.3. The molecule has 1 N–H and O–H groups in total. The molecule has 2 aromatic rings. The number of ether oxygens (including phenoxy) is 2. The number of methoxy groups -OCH3 is 2. The van der Waals surface area contributed by atoms with Gasteiger partial charge in [-0.1, -0.05) is 11.6 Å². The molecule has 0 bridgehead atoms. The fourth-order valence-corrected chi connectivity index (χ4v) is 1.91. The third-order valence-corrected chi connectivity index (χ3v) is 2.97. The monoisotopic (exact) mass is 307 g/mol. The van der Waals surface area contributed by atoms with Crippen LogP contribution in [-0.4, -0.2) is 20.1 Å². The average molecular weight is 308 g/mol. The van der Waals surface area contributed by atoms with E-state index in [-0.39, 0.29) is 5.91 Å². The van der Waals surface area contributed by atoms with E-state index >= 15 is 0 Å². The Kier molecular flexibility index (Phi) is 4.90. The first-order chi connectivity index (χ1) is 10.1. The van der Waals surface area contributed by atoms with Gasteiger partial charge in [0.15, 0.2) is 0 Å². The summed E-state index contributed by atoms with van der Waals surface area (Å²) in [6.07, 6.45) is 4.46. The molecule has 6 heteroatoms. The van der Waals surface area contributed by atoms with Gasteiger partial charge in [0.2, 0.25) is 5.91 Å². The fraction of sp³-hybridized carbons (Fsp3) is 0.133. The second-order valence-electron chi connectivity index (χ2n) is 4.03. The highest BCUT2D eigenvalue weighted by molar-refractivity contribution is 6.32. The van der Waals surface area contributed by atoms with Crippen molar-refractivity contribution < 1.29 is 18.7 Å². The van der Waals surface area contributed by atoms with E-state index in [1.807, 2.05) is 0 Å². The first-order valence-electron chi connectivity index (χ1n) is 6.08. The third kappa shape index (κ3) is 3.79. The molecule has 0 aliphatic rings. The third-order valence-electron chi connectivity index (χ3n) is 2.67. The SMILES string of the molecule is COc1cc(NC(=O)C=Cc2ccco2)c(OC)cc1Cl. The Labute approximate surface area is 127 Å². The second-order valence-corrected chi connectivity index (χ2v) is 4.43. The van der Waals surface area contributed by atoms with Crippen LogP contribution >= 0.6 is 11.6 Å². The molecule has 0 atom stereocenters. The zero-order valence-electron chi connectivity index (χ0n) is 11.6. The number of carbonyl (C=O) groups is 1. The number of rotatable bonds is 5. The van der Waals surface area contributed by atoms with Crippen molar-refractivity contribution in [2.45, 2.75) is 0 Å². The molecule has 0 spiro atoms. The van der Waals surface area contributed by atoms with Gasteiger partial charge in [-0.25, -0.2) is 0 Å². The molecule has 2 rings (SSSR count). The van der Waals surface area contributed by atoms with Gasteiger partial charge in [-0.3, -0.25) is 4.79 Å². The minimum atomic E-state index is -0.325. The van der Waals surface area contributed by atoms with Crippen LogP contribution in [-0.2, 0) is 4.79 Å². The summed E-state index contributed by atoms with van der Waals surface area (Å²) in [7, 11) is 2.99. The maximum absolute atomic E-state index is 11.9. The Balaban J connectivity index is 2.16. The summed E-state index contributed by atoms with van der Waals surface area (Å²) >= 11 is 6.00. The molecule has 0 fully saturated rings. The molecule has 0 aliphatic heterocycles. The zero-order chi connectivity index (χ0) is 15.2. The van der Waals surface area contributed by atoms with E-state index in [1.54, 1.807) is 30.3 Å². The Bertz CT molecular complexity index is 650. The van der Waals surface area contributed by atoms with Gasteiger partial charge in [0.05, 0.1) is 31.2 Å². The summed E-state index contributed by atoms with van der Waals surface area (Å²) in [6, 6.07) is 6.66. The Morgan fingerprint density at radius 2 is 2.05 bits per heavy atom. The van der Waals surface area contributed by atoms with Crippen molar-refractivity contribution in [3.05, 3.63) is 47.4 Å². The minimum absolute atomic E-state index is 0.325. The van der Waals surface area contributed by atoms with E-state index < -0.39 is 0 Å². The number of anilines is 1. The van der Waals surface area contributed by atoms with E-state index in [1.165, 1.54) is 26.6 Å². The van der Waals surface area contributed by atoms with Gasteiger partial charge in [0.25, 0.3) is 0 Å². The first kappa shape index (κ1) is 15.0. The maximum atomic E-state index is 11.9. The molecule has 1 amide bonds. The second kappa shape index (κ2) is 6.85. The Morgan fingerprint density at radius 3 is 2.67 bits per heavy atom. The lowest BCUT2D eigenvalue weighted by Gasteiger charge is -2.12. The standard InChI is InChI=1S/C15H14ClNO4/c1-19-13-9-12(14(20-2)8-11(13)16)17-15(18)6-5-10-4-3-7-21-10/h3-9H,1-2H3,(H,17,18). The molecule has 0 aliphatic carbocycles. The summed E-state index contributed by atoms with van der Waals surface area (Å²) in [6.45, 7) is 0. The number of carbonyl (C=O) groups excluding carboxylic acids is 1. The van der Waals surface area contributed by atoms with Crippen LogP contribution in [0.4, 0.5) is 5.69 Å². The summed E-state index contributed by atoms with van der Waals surface area (Å²) in [5, 5.41) is 3.10. The highest BCUT2D eigenvalue weighted by Gasteiger charge is 2.11. The molecular weight excluding hydrogens is 294 g/mol. The number of amides is 1. The lowest BCUT2D eigenvalue weighted by atomic mass is 10.2. The highest BCUT2D eigenvalue weighted by atomic mass is 35.5. The van der Waals surface area contributed by atoms with Crippen LogP contribution in [0.2, 0.25) is 5.02 Å². The lowest BCUT2D eigenvalue weighted by molar-refractivity contribution is -0.111. The molecule has 0 unspecified atom stereocenters. The van der Waals surface area contributed by atoms with E-state index in [0.29, 0.717) is 28.0 Å². The molecule has 1 aromatic carbocycles. The summed E-state index contributed by atoms with van der Waals surface area (Å²) in [4.78, 5) is 11.9. The van der Waals surface area contributed by atoms with Gasteiger partial charge < -0.3 is 19.2 Å².